The minimum Gasteiger partial charge on any atom is -0.476 e. The van der Waals surface area contributed by atoms with Gasteiger partial charge in [0.05, 0.1) is 11.9 Å². The Hall–Kier alpha value is -2.05. The number of carboxylic acid groups (broad SMARTS) is 1. The van der Waals surface area contributed by atoms with Gasteiger partial charge in [-0.2, -0.15) is 5.10 Å². The predicted octanol–water partition coefficient (Wildman–Crippen LogP) is 2.51. The first kappa shape index (κ1) is 15.0. The molecule has 1 aromatic rings. The average molecular weight is 269 g/mol. The van der Waals surface area contributed by atoms with E-state index in [1.54, 1.807) is 34.6 Å². The molecule has 0 spiro atoms. The van der Waals surface area contributed by atoms with Gasteiger partial charge in [-0.1, -0.05) is 0 Å². The lowest BCUT2D eigenvalue weighted by Crippen LogP contribution is -2.27. The van der Waals surface area contributed by atoms with Crippen LogP contribution < -0.4 is 5.32 Å². The number of carbonyl (C=O) groups is 2. The third-order valence-electron chi connectivity index (χ3n) is 2.12. The molecule has 0 fully saturated rings. The van der Waals surface area contributed by atoms with Crippen LogP contribution in [0.3, 0.4) is 0 Å². The number of carboxylic acids is 1. The van der Waals surface area contributed by atoms with E-state index in [0.717, 1.165) is 0 Å². The Labute approximate surface area is 111 Å². The van der Waals surface area contributed by atoms with E-state index in [2.05, 4.69) is 10.4 Å². The van der Waals surface area contributed by atoms with Gasteiger partial charge in [-0.3, -0.25) is 10.00 Å². The average Bonchev–Trinajstić information content (AvgIpc) is 2.57. The highest BCUT2D eigenvalue weighted by atomic mass is 16.6. The molecule has 0 aromatic carbocycles. The Morgan fingerprint density at radius 1 is 1.42 bits per heavy atom. The lowest BCUT2D eigenvalue weighted by atomic mass is 10.2. The second kappa shape index (κ2) is 5.29. The fourth-order valence-electron chi connectivity index (χ4n) is 1.47. The minimum absolute atomic E-state index is 0.0686. The van der Waals surface area contributed by atoms with Crippen molar-refractivity contribution in [3.63, 3.8) is 0 Å². The summed E-state index contributed by atoms with van der Waals surface area (Å²) in [5.41, 5.74) is -0.599. The number of ether oxygens (including phenoxy) is 1. The van der Waals surface area contributed by atoms with Crippen LogP contribution in [0.5, 0.6) is 0 Å². The van der Waals surface area contributed by atoms with Crippen LogP contribution >= 0.6 is 0 Å². The zero-order valence-corrected chi connectivity index (χ0v) is 11.7. The summed E-state index contributed by atoms with van der Waals surface area (Å²) in [6, 6.07) is -0.125. The maximum atomic E-state index is 11.6. The van der Waals surface area contributed by atoms with Gasteiger partial charge in [-0.15, -0.1) is 0 Å². The van der Waals surface area contributed by atoms with Gasteiger partial charge in [0.2, 0.25) is 0 Å². The first-order chi connectivity index (χ1) is 8.61. The first-order valence-corrected chi connectivity index (χ1v) is 5.92. The van der Waals surface area contributed by atoms with Crippen molar-refractivity contribution in [2.45, 2.75) is 46.3 Å². The number of aromatic carboxylic acids is 1. The van der Waals surface area contributed by atoms with Crippen molar-refractivity contribution in [1.29, 1.82) is 0 Å². The highest BCUT2D eigenvalue weighted by Gasteiger charge is 2.23. The molecule has 7 heteroatoms. The second-order valence-corrected chi connectivity index (χ2v) is 5.38. The predicted molar refractivity (Wildman–Crippen MR) is 69.4 cm³/mol. The summed E-state index contributed by atoms with van der Waals surface area (Å²) in [4.78, 5) is 22.8. The molecule has 106 valence electrons. The maximum absolute atomic E-state index is 11.6. The number of anilines is 1. The fourth-order valence-corrected chi connectivity index (χ4v) is 1.47. The van der Waals surface area contributed by atoms with Gasteiger partial charge in [0.15, 0.2) is 5.69 Å². The minimum atomic E-state index is -1.16. The second-order valence-electron chi connectivity index (χ2n) is 5.38. The van der Waals surface area contributed by atoms with Crippen LogP contribution in [-0.2, 0) is 4.74 Å². The van der Waals surface area contributed by atoms with Crippen molar-refractivity contribution in [2.75, 3.05) is 5.32 Å². The number of hydrogen-bond acceptors (Lipinski definition) is 4. The molecule has 0 saturated heterocycles. The van der Waals surface area contributed by atoms with E-state index in [0.29, 0.717) is 0 Å². The maximum Gasteiger partial charge on any atom is 0.412 e. The molecule has 0 saturated carbocycles. The van der Waals surface area contributed by atoms with Crippen molar-refractivity contribution in [1.82, 2.24) is 9.78 Å². The van der Waals surface area contributed by atoms with Crippen LogP contribution in [0.2, 0.25) is 0 Å². The van der Waals surface area contributed by atoms with Crippen molar-refractivity contribution >= 4 is 17.7 Å². The molecule has 0 aliphatic heterocycles. The summed E-state index contributed by atoms with van der Waals surface area (Å²) >= 11 is 0. The topological polar surface area (TPSA) is 93.5 Å². The fraction of sp³-hybridized carbons (Fsp3) is 0.583. The molecular formula is C12H19N3O4. The summed E-state index contributed by atoms with van der Waals surface area (Å²) in [5, 5.41) is 15.5. The quantitative estimate of drug-likeness (QED) is 0.879. The van der Waals surface area contributed by atoms with Crippen LogP contribution in [0.4, 0.5) is 10.5 Å². The summed E-state index contributed by atoms with van der Waals surface area (Å²) in [5.74, 6) is -1.16. The number of nitrogens with one attached hydrogen (secondary N) is 1. The number of amides is 1. The van der Waals surface area contributed by atoms with E-state index in [9.17, 15) is 14.7 Å². The number of aromatic nitrogens is 2. The third kappa shape index (κ3) is 3.97. The van der Waals surface area contributed by atoms with E-state index >= 15 is 0 Å². The summed E-state index contributed by atoms with van der Waals surface area (Å²) < 4.78 is 6.39. The largest absolute Gasteiger partial charge is 0.476 e. The van der Waals surface area contributed by atoms with Gasteiger partial charge in [-0.05, 0) is 34.6 Å². The number of hydrogen-bond donors (Lipinski definition) is 2. The van der Waals surface area contributed by atoms with Crippen molar-refractivity contribution in [3.05, 3.63) is 11.9 Å². The zero-order valence-electron chi connectivity index (χ0n) is 11.7. The molecule has 0 aliphatic rings. The van der Waals surface area contributed by atoms with Gasteiger partial charge in [-0.25, -0.2) is 9.59 Å². The monoisotopic (exact) mass is 269 g/mol. The summed E-state index contributed by atoms with van der Waals surface area (Å²) in [6.07, 6.45) is 0.589. The number of nitrogens with zero attached hydrogens (tertiary/aromatic N) is 2. The van der Waals surface area contributed by atoms with E-state index in [1.165, 1.54) is 10.9 Å². The van der Waals surface area contributed by atoms with Crippen LogP contribution in [0.15, 0.2) is 6.20 Å². The van der Waals surface area contributed by atoms with E-state index in [1.807, 2.05) is 0 Å². The lowest BCUT2D eigenvalue weighted by Gasteiger charge is -2.19. The highest BCUT2D eigenvalue weighted by molar-refractivity contribution is 5.97. The zero-order chi connectivity index (χ0) is 14.8. The van der Waals surface area contributed by atoms with Crippen molar-refractivity contribution in [2.24, 2.45) is 0 Å². The van der Waals surface area contributed by atoms with Gasteiger partial charge >= 0.3 is 12.1 Å². The highest BCUT2D eigenvalue weighted by Crippen LogP contribution is 2.20. The molecule has 19 heavy (non-hydrogen) atoms. The van der Waals surface area contributed by atoms with E-state index in [-0.39, 0.29) is 17.4 Å². The number of rotatable bonds is 3. The molecule has 7 nitrogen and oxygen atoms in total. The van der Waals surface area contributed by atoms with Crippen LogP contribution in [0.1, 0.15) is 51.1 Å². The van der Waals surface area contributed by atoms with Gasteiger partial charge in [0.1, 0.15) is 5.60 Å². The number of carbonyl (C=O) groups excluding carboxylic acids is 1. The van der Waals surface area contributed by atoms with Crippen molar-refractivity contribution in [3.8, 4) is 0 Å². The lowest BCUT2D eigenvalue weighted by molar-refractivity contribution is 0.0636. The first-order valence-electron chi connectivity index (χ1n) is 5.92. The van der Waals surface area contributed by atoms with Gasteiger partial charge in [0.25, 0.3) is 0 Å². The molecule has 0 bridgehead atoms. The van der Waals surface area contributed by atoms with Crippen LogP contribution in [0.25, 0.3) is 0 Å². The Balaban J connectivity index is 2.96. The molecule has 0 unspecified atom stereocenters. The SMILES string of the molecule is CC(C)n1ncc(NC(=O)OC(C)(C)C)c1C(=O)O. The van der Waals surface area contributed by atoms with Crippen LogP contribution in [-0.4, -0.2) is 32.6 Å². The molecule has 1 amide bonds. The van der Waals surface area contributed by atoms with Crippen molar-refractivity contribution < 1.29 is 19.4 Å². The molecule has 0 atom stereocenters. The molecule has 1 aromatic heterocycles. The van der Waals surface area contributed by atoms with E-state index in [4.69, 9.17) is 4.74 Å². The molecule has 0 radical (unpaired) electrons. The van der Waals surface area contributed by atoms with E-state index < -0.39 is 17.7 Å². The van der Waals surface area contributed by atoms with Gasteiger partial charge < -0.3 is 9.84 Å². The smallest absolute Gasteiger partial charge is 0.412 e. The molecule has 1 heterocycles. The Morgan fingerprint density at radius 2 is 2.00 bits per heavy atom. The summed E-state index contributed by atoms with van der Waals surface area (Å²) in [6.45, 7) is 8.78. The molecule has 1 rings (SSSR count). The Kier molecular flexibility index (Phi) is 4.18. The Bertz CT molecular complexity index is 486. The normalized spacial score (nSPS) is 11.5. The summed E-state index contributed by atoms with van der Waals surface area (Å²) in [7, 11) is 0. The third-order valence-corrected chi connectivity index (χ3v) is 2.12. The standard InChI is InChI=1S/C12H19N3O4/c1-7(2)15-9(10(16)17)8(6-13-15)14-11(18)19-12(3,4)5/h6-7H,1-5H3,(H,14,18)(H,16,17). The van der Waals surface area contributed by atoms with Gasteiger partial charge in [0, 0.05) is 6.04 Å². The molecular weight excluding hydrogens is 250 g/mol. The Morgan fingerprint density at radius 3 is 2.42 bits per heavy atom. The van der Waals surface area contributed by atoms with Crippen LogP contribution in [0, 0.1) is 0 Å². The molecule has 2 N–H and O–H groups in total. The molecule has 0 aliphatic carbocycles.